The Balaban J connectivity index is 1.99. The molecule has 0 saturated heterocycles. The van der Waals surface area contributed by atoms with Crippen LogP contribution in [0.15, 0.2) is 35.1 Å². The van der Waals surface area contributed by atoms with Crippen LogP contribution in [-0.4, -0.2) is 35.2 Å². The van der Waals surface area contributed by atoms with Gasteiger partial charge in [0.25, 0.3) is 11.2 Å². The Morgan fingerprint density at radius 3 is 2.48 bits per heavy atom. The minimum Gasteiger partial charge on any atom is -0.490 e. The summed E-state index contributed by atoms with van der Waals surface area (Å²) in [6.45, 7) is 6.35. The van der Waals surface area contributed by atoms with Crippen LogP contribution in [0.3, 0.4) is 0 Å². The van der Waals surface area contributed by atoms with Gasteiger partial charge in [-0.05, 0) is 44.9 Å². The SMILES string of the molecule is CCOc1ccc(CCNC(=O)Cn2c(C)c([N+](=O)[O-])ccc2=O)cc1OCC. The molecular formula is C20H25N3O6. The number of nitrogens with zero attached hydrogens (tertiary/aromatic N) is 2. The molecule has 0 atom stereocenters. The average Bonchev–Trinajstić information content (AvgIpc) is 2.67. The molecule has 1 N–H and O–H groups in total. The third-order valence-electron chi connectivity index (χ3n) is 4.27. The number of amides is 1. The smallest absolute Gasteiger partial charge is 0.288 e. The topological polar surface area (TPSA) is 113 Å². The molecule has 1 aromatic carbocycles. The van der Waals surface area contributed by atoms with Gasteiger partial charge in [-0.3, -0.25) is 24.3 Å². The first-order valence-electron chi connectivity index (χ1n) is 9.37. The van der Waals surface area contributed by atoms with Crippen LogP contribution in [0, 0.1) is 17.0 Å². The number of rotatable bonds is 10. The highest BCUT2D eigenvalue weighted by atomic mass is 16.6. The van der Waals surface area contributed by atoms with Crippen LogP contribution in [-0.2, 0) is 17.8 Å². The first kappa shape index (κ1) is 21.9. The Kier molecular flexibility index (Phi) is 7.76. The molecule has 2 rings (SSSR count). The average molecular weight is 403 g/mol. The first-order chi connectivity index (χ1) is 13.9. The molecule has 0 radical (unpaired) electrons. The van der Waals surface area contributed by atoms with E-state index in [-0.39, 0.29) is 17.9 Å². The molecule has 0 unspecified atom stereocenters. The molecule has 0 bridgehead atoms. The van der Waals surface area contributed by atoms with Crippen molar-refractivity contribution in [2.45, 2.75) is 33.7 Å². The van der Waals surface area contributed by atoms with Crippen LogP contribution < -0.4 is 20.3 Å². The highest BCUT2D eigenvalue weighted by molar-refractivity contribution is 5.75. The van der Waals surface area contributed by atoms with Gasteiger partial charge in [-0.25, -0.2) is 0 Å². The minimum atomic E-state index is -0.578. The zero-order valence-electron chi connectivity index (χ0n) is 16.8. The second kappa shape index (κ2) is 10.3. The highest BCUT2D eigenvalue weighted by Gasteiger charge is 2.16. The Hall–Kier alpha value is -3.36. The molecule has 0 saturated carbocycles. The lowest BCUT2D eigenvalue weighted by Gasteiger charge is -2.13. The van der Waals surface area contributed by atoms with Gasteiger partial charge in [0.05, 0.1) is 23.8 Å². The van der Waals surface area contributed by atoms with Crippen molar-refractivity contribution >= 4 is 11.6 Å². The van der Waals surface area contributed by atoms with Gasteiger partial charge in [0.15, 0.2) is 11.5 Å². The highest BCUT2D eigenvalue weighted by Crippen LogP contribution is 2.28. The van der Waals surface area contributed by atoms with Crippen molar-refractivity contribution in [3.63, 3.8) is 0 Å². The molecule has 0 aliphatic carbocycles. The van der Waals surface area contributed by atoms with Crippen molar-refractivity contribution in [2.75, 3.05) is 19.8 Å². The zero-order chi connectivity index (χ0) is 21.4. The van der Waals surface area contributed by atoms with Crippen LogP contribution in [0.4, 0.5) is 5.69 Å². The number of pyridine rings is 1. The number of benzene rings is 1. The second-order valence-electron chi connectivity index (χ2n) is 6.23. The van der Waals surface area contributed by atoms with Gasteiger partial charge in [-0.2, -0.15) is 0 Å². The van der Waals surface area contributed by atoms with E-state index >= 15 is 0 Å². The fraction of sp³-hybridized carbons (Fsp3) is 0.400. The monoisotopic (exact) mass is 403 g/mol. The maximum atomic E-state index is 12.2. The molecule has 0 aliphatic rings. The summed E-state index contributed by atoms with van der Waals surface area (Å²) in [4.78, 5) is 34.6. The number of ether oxygens (including phenoxy) is 2. The van der Waals surface area contributed by atoms with Gasteiger partial charge in [0, 0.05) is 18.7 Å². The van der Waals surface area contributed by atoms with E-state index in [1.807, 2.05) is 32.0 Å². The standard InChI is InChI=1S/C20H25N3O6/c1-4-28-17-8-6-15(12-18(17)29-5-2)10-11-21-19(24)13-22-14(3)16(23(26)27)7-9-20(22)25/h6-9,12H,4-5,10-11,13H2,1-3H3,(H,21,24). The summed E-state index contributed by atoms with van der Waals surface area (Å²) in [5.74, 6) is 0.922. The molecule has 0 spiro atoms. The van der Waals surface area contributed by atoms with Gasteiger partial charge < -0.3 is 14.8 Å². The molecule has 156 valence electrons. The van der Waals surface area contributed by atoms with Gasteiger partial charge >= 0.3 is 0 Å². The van der Waals surface area contributed by atoms with E-state index in [0.29, 0.717) is 37.7 Å². The number of carbonyl (C=O) groups is 1. The number of nitrogens with one attached hydrogen (secondary N) is 1. The third-order valence-corrected chi connectivity index (χ3v) is 4.27. The second-order valence-corrected chi connectivity index (χ2v) is 6.23. The zero-order valence-corrected chi connectivity index (χ0v) is 16.8. The molecule has 0 fully saturated rings. The van der Waals surface area contributed by atoms with Crippen LogP contribution in [0.5, 0.6) is 11.5 Å². The van der Waals surface area contributed by atoms with Crippen LogP contribution in [0.25, 0.3) is 0 Å². The lowest BCUT2D eigenvalue weighted by Crippen LogP contribution is -2.34. The molecule has 9 heteroatoms. The number of aromatic nitrogens is 1. The Morgan fingerprint density at radius 2 is 1.83 bits per heavy atom. The Bertz CT molecular complexity index is 938. The summed E-state index contributed by atoms with van der Waals surface area (Å²) in [5.41, 5.74) is 0.442. The molecule has 0 aliphatic heterocycles. The predicted molar refractivity (Wildman–Crippen MR) is 108 cm³/mol. The van der Waals surface area contributed by atoms with Crippen molar-refractivity contribution in [2.24, 2.45) is 0 Å². The summed E-state index contributed by atoms with van der Waals surface area (Å²) in [5, 5.41) is 13.7. The van der Waals surface area contributed by atoms with Crippen molar-refractivity contribution in [3.8, 4) is 11.5 Å². The van der Waals surface area contributed by atoms with Crippen LogP contribution in [0.1, 0.15) is 25.1 Å². The predicted octanol–water partition coefficient (Wildman–Crippen LogP) is 2.22. The Labute approximate surface area is 168 Å². The van der Waals surface area contributed by atoms with E-state index in [0.717, 1.165) is 22.3 Å². The number of nitro groups is 1. The number of carbonyl (C=O) groups excluding carboxylic acids is 1. The van der Waals surface area contributed by atoms with E-state index in [1.54, 1.807) is 0 Å². The normalized spacial score (nSPS) is 10.4. The van der Waals surface area contributed by atoms with E-state index in [9.17, 15) is 19.7 Å². The number of hydrogen-bond acceptors (Lipinski definition) is 6. The van der Waals surface area contributed by atoms with E-state index in [2.05, 4.69) is 5.32 Å². The van der Waals surface area contributed by atoms with Gasteiger partial charge in [-0.1, -0.05) is 6.07 Å². The lowest BCUT2D eigenvalue weighted by molar-refractivity contribution is -0.386. The summed E-state index contributed by atoms with van der Waals surface area (Å²) in [7, 11) is 0. The van der Waals surface area contributed by atoms with Crippen molar-refractivity contribution in [3.05, 3.63) is 62.1 Å². The van der Waals surface area contributed by atoms with Crippen molar-refractivity contribution < 1.29 is 19.2 Å². The largest absolute Gasteiger partial charge is 0.490 e. The van der Waals surface area contributed by atoms with E-state index < -0.39 is 16.4 Å². The summed E-state index contributed by atoms with van der Waals surface area (Å²) in [6.07, 6.45) is 0.557. The summed E-state index contributed by atoms with van der Waals surface area (Å²) < 4.78 is 12.2. The fourth-order valence-electron chi connectivity index (χ4n) is 2.85. The molecule has 2 aromatic rings. The molecule has 1 heterocycles. The third kappa shape index (κ3) is 5.81. The molecule has 9 nitrogen and oxygen atoms in total. The van der Waals surface area contributed by atoms with Crippen molar-refractivity contribution in [1.29, 1.82) is 0 Å². The first-order valence-corrected chi connectivity index (χ1v) is 9.37. The van der Waals surface area contributed by atoms with E-state index in [4.69, 9.17) is 9.47 Å². The Morgan fingerprint density at radius 1 is 1.14 bits per heavy atom. The maximum absolute atomic E-state index is 12.2. The van der Waals surface area contributed by atoms with Gasteiger partial charge in [0.1, 0.15) is 6.54 Å². The van der Waals surface area contributed by atoms with Crippen LogP contribution in [0.2, 0.25) is 0 Å². The molecular weight excluding hydrogens is 378 g/mol. The van der Waals surface area contributed by atoms with Crippen molar-refractivity contribution in [1.82, 2.24) is 9.88 Å². The molecule has 1 amide bonds. The minimum absolute atomic E-state index is 0.144. The quantitative estimate of drug-likeness (QED) is 0.481. The summed E-state index contributed by atoms with van der Waals surface area (Å²) in [6, 6.07) is 7.84. The molecule has 1 aromatic heterocycles. The van der Waals surface area contributed by atoms with Gasteiger partial charge in [0.2, 0.25) is 5.91 Å². The molecule has 29 heavy (non-hydrogen) atoms. The summed E-state index contributed by atoms with van der Waals surface area (Å²) >= 11 is 0. The van der Waals surface area contributed by atoms with E-state index in [1.165, 1.54) is 6.92 Å². The fourth-order valence-corrected chi connectivity index (χ4v) is 2.85. The van der Waals surface area contributed by atoms with Gasteiger partial charge in [-0.15, -0.1) is 0 Å². The lowest BCUT2D eigenvalue weighted by atomic mass is 10.1. The maximum Gasteiger partial charge on any atom is 0.288 e. The number of hydrogen-bond donors (Lipinski definition) is 1. The van der Waals surface area contributed by atoms with Crippen LogP contribution >= 0.6 is 0 Å².